The second-order valence-electron chi connectivity index (χ2n) is 4.10. The summed E-state index contributed by atoms with van der Waals surface area (Å²) in [6.45, 7) is 13.9. The minimum Gasteiger partial charge on any atom is -0.508 e. The second-order valence-corrected chi connectivity index (χ2v) is 4.10. The van der Waals surface area contributed by atoms with Gasteiger partial charge in [-0.05, 0) is 55.5 Å². The normalized spacial score (nSPS) is 8.77. The van der Waals surface area contributed by atoms with Crippen LogP contribution in [0.25, 0.3) is 0 Å². The van der Waals surface area contributed by atoms with Gasteiger partial charge >= 0.3 is 0 Å². The third kappa shape index (κ3) is 5.52. The molecule has 0 spiro atoms. The molecule has 0 saturated heterocycles. The largest absolute Gasteiger partial charge is 0.508 e. The Morgan fingerprint density at radius 2 is 1.00 bits per heavy atom. The van der Waals surface area contributed by atoms with E-state index >= 15 is 0 Å². The minimum absolute atomic E-state index is 0.228. The summed E-state index contributed by atoms with van der Waals surface area (Å²) in [5, 5.41) is 18.6. The van der Waals surface area contributed by atoms with Gasteiger partial charge in [0.1, 0.15) is 11.5 Å². The fourth-order valence-electron chi connectivity index (χ4n) is 1.79. The number of hydrogen-bond acceptors (Lipinski definition) is 3. The first-order chi connectivity index (χ1) is 10.6. The van der Waals surface area contributed by atoms with E-state index in [1.807, 2.05) is 63.8 Å². The summed E-state index contributed by atoms with van der Waals surface area (Å²) < 4.78 is 0. The van der Waals surface area contributed by atoms with Crippen molar-refractivity contribution in [3.8, 4) is 11.5 Å². The van der Waals surface area contributed by atoms with Crippen LogP contribution in [0.4, 0.5) is 11.4 Å². The summed E-state index contributed by atoms with van der Waals surface area (Å²) in [4.78, 5) is 1.94. The Labute approximate surface area is 134 Å². The van der Waals surface area contributed by atoms with Crippen LogP contribution in [0, 0.1) is 0 Å². The summed E-state index contributed by atoms with van der Waals surface area (Å²) >= 11 is 0. The predicted octanol–water partition coefficient (Wildman–Crippen LogP) is 5.82. The van der Waals surface area contributed by atoms with Crippen molar-refractivity contribution < 1.29 is 10.2 Å². The van der Waals surface area contributed by atoms with E-state index in [0.717, 1.165) is 17.1 Å². The quantitative estimate of drug-likeness (QED) is 0.750. The zero-order chi connectivity index (χ0) is 17.1. The molecule has 3 heteroatoms. The van der Waals surface area contributed by atoms with E-state index < -0.39 is 0 Å². The van der Waals surface area contributed by atoms with E-state index in [2.05, 4.69) is 6.58 Å². The Balaban J connectivity index is 0.00000102. The van der Waals surface area contributed by atoms with Gasteiger partial charge in [-0.1, -0.05) is 34.3 Å². The molecule has 3 nitrogen and oxygen atoms in total. The van der Waals surface area contributed by atoms with Gasteiger partial charge in [0.15, 0.2) is 0 Å². The Morgan fingerprint density at radius 1 is 0.727 bits per heavy atom. The molecular weight excluding hydrogens is 274 g/mol. The van der Waals surface area contributed by atoms with Gasteiger partial charge in [-0.15, -0.1) is 0 Å². The molecule has 2 aromatic carbocycles. The standard InChI is InChI=1S/C15H15NO2.2C2H6/c1-11(2)16(12-3-7-14(17)8-4-12)13-5-9-15(18)10-6-13;2*1-2/h3-10,17-18H,1H2,2H3;2*1-2H3. The molecule has 0 aliphatic rings. The molecule has 2 rings (SSSR count). The van der Waals surface area contributed by atoms with Crippen molar-refractivity contribution in [2.75, 3.05) is 4.90 Å². The molecule has 0 amide bonds. The van der Waals surface area contributed by atoms with Crippen LogP contribution >= 0.6 is 0 Å². The maximum absolute atomic E-state index is 9.31. The van der Waals surface area contributed by atoms with Crippen molar-refractivity contribution in [3.63, 3.8) is 0 Å². The summed E-state index contributed by atoms with van der Waals surface area (Å²) in [7, 11) is 0. The van der Waals surface area contributed by atoms with Crippen molar-refractivity contribution >= 4 is 11.4 Å². The number of allylic oxidation sites excluding steroid dienone is 1. The number of nitrogens with zero attached hydrogens (tertiary/aromatic N) is 1. The monoisotopic (exact) mass is 301 g/mol. The lowest BCUT2D eigenvalue weighted by atomic mass is 10.2. The number of rotatable bonds is 3. The Morgan fingerprint density at radius 3 is 1.23 bits per heavy atom. The average Bonchev–Trinajstić information content (AvgIpc) is 2.55. The van der Waals surface area contributed by atoms with Crippen LogP contribution in [0.5, 0.6) is 11.5 Å². The van der Waals surface area contributed by atoms with E-state index in [1.54, 1.807) is 24.3 Å². The zero-order valence-electron chi connectivity index (χ0n) is 14.2. The van der Waals surface area contributed by atoms with E-state index in [0.29, 0.717) is 0 Å². The second kappa shape index (κ2) is 10.3. The minimum atomic E-state index is 0.228. The lowest BCUT2D eigenvalue weighted by molar-refractivity contribution is 0.475. The number of anilines is 2. The Kier molecular flexibility index (Phi) is 9.19. The van der Waals surface area contributed by atoms with Gasteiger partial charge in [-0.2, -0.15) is 0 Å². The highest BCUT2D eigenvalue weighted by atomic mass is 16.3. The van der Waals surface area contributed by atoms with Crippen LogP contribution in [-0.2, 0) is 0 Å². The summed E-state index contributed by atoms with van der Waals surface area (Å²) in [6.07, 6.45) is 0. The number of phenols is 2. The molecule has 0 saturated carbocycles. The molecule has 2 aromatic rings. The first-order valence-electron chi connectivity index (χ1n) is 7.61. The molecule has 0 bridgehead atoms. The molecule has 22 heavy (non-hydrogen) atoms. The number of aromatic hydroxyl groups is 2. The van der Waals surface area contributed by atoms with Gasteiger partial charge < -0.3 is 15.1 Å². The highest BCUT2D eigenvalue weighted by Gasteiger charge is 2.09. The molecule has 120 valence electrons. The predicted molar refractivity (Wildman–Crippen MR) is 95.9 cm³/mol. The molecule has 0 fully saturated rings. The van der Waals surface area contributed by atoms with Gasteiger partial charge in [0.2, 0.25) is 0 Å². The van der Waals surface area contributed by atoms with Crippen LogP contribution in [-0.4, -0.2) is 10.2 Å². The van der Waals surface area contributed by atoms with Gasteiger partial charge in [-0.3, -0.25) is 0 Å². The topological polar surface area (TPSA) is 43.7 Å². The van der Waals surface area contributed by atoms with Gasteiger partial charge in [0, 0.05) is 17.1 Å². The first-order valence-corrected chi connectivity index (χ1v) is 7.61. The lowest BCUT2D eigenvalue weighted by Gasteiger charge is -2.25. The Hall–Kier alpha value is -2.42. The first kappa shape index (κ1) is 19.6. The maximum atomic E-state index is 9.31. The van der Waals surface area contributed by atoms with Gasteiger partial charge in [0.05, 0.1) is 0 Å². The molecule has 0 aliphatic carbocycles. The Bertz CT molecular complexity index is 499. The summed E-state index contributed by atoms with van der Waals surface area (Å²) in [5.74, 6) is 0.456. The van der Waals surface area contributed by atoms with E-state index in [-0.39, 0.29) is 11.5 Å². The smallest absolute Gasteiger partial charge is 0.115 e. The summed E-state index contributed by atoms with van der Waals surface area (Å²) in [6, 6.07) is 13.8. The fraction of sp³-hybridized carbons (Fsp3) is 0.263. The fourth-order valence-corrected chi connectivity index (χ4v) is 1.79. The summed E-state index contributed by atoms with van der Waals surface area (Å²) in [5.41, 5.74) is 2.67. The molecular formula is C19H27NO2. The molecule has 0 radical (unpaired) electrons. The lowest BCUT2D eigenvalue weighted by Crippen LogP contribution is -2.13. The third-order valence-corrected chi connectivity index (χ3v) is 2.60. The van der Waals surface area contributed by atoms with E-state index in [9.17, 15) is 10.2 Å². The molecule has 0 heterocycles. The number of hydrogen-bond donors (Lipinski definition) is 2. The van der Waals surface area contributed by atoms with Crippen molar-refractivity contribution in [1.29, 1.82) is 0 Å². The van der Waals surface area contributed by atoms with Crippen molar-refractivity contribution in [2.24, 2.45) is 0 Å². The van der Waals surface area contributed by atoms with E-state index in [1.165, 1.54) is 0 Å². The van der Waals surface area contributed by atoms with Crippen LogP contribution in [0.15, 0.2) is 60.8 Å². The van der Waals surface area contributed by atoms with Gasteiger partial charge in [0.25, 0.3) is 0 Å². The van der Waals surface area contributed by atoms with Crippen LogP contribution in [0.2, 0.25) is 0 Å². The molecule has 0 atom stereocenters. The van der Waals surface area contributed by atoms with Crippen molar-refractivity contribution in [2.45, 2.75) is 34.6 Å². The molecule has 0 aromatic heterocycles. The molecule has 0 aliphatic heterocycles. The van der Waals surface area contributed by atoms with Gasteiger partial charge in [-0.25, -0.2) is 0 Å². The SMILES string of the molecule is C=C(C)N(c1ccc(O)cc1)c1ccc(O)cc1.CC.CC. The average molecular weight is 301 g/mol. The number of phenolic OH excluding ortho intramolecular Hbond substituents is 2. The van der Waals surface area contributed by atoms with Crippen molar-refractivity contribution in [1.82, 2.24) is 0 Å². The van der Waals surface area contributed by atoms with Crippen LogP contribution < -0.4 is 4.90 Å². The zero-order valence-corrected chi connectivity index (χ0v) is 14.2. The van der Waals surface area contributed by atoms with Crippen LogP contribution in [0.3, 0.4) is 0 Å². The molecule has 0 unspecified atom stereocenters. The third-order valence-electron chi connectivity index (χ3n) is 2.60. The van der Waals surface area contributed by atoms with E-state index in [4.69, 9.17) is 0 Å². The highest BCUT2D eigenvalue weighted by molar-refractivity contribution is 5.68. The molecule has 2 N–H and O–H groups in total. The van der Waals surface area contributed by atoms with Crippen molar-refractivity contribution in [3.05, 3.63) is 60.8 Å². The highest BCUT2D eigenvalue weighted by Crippen LogP contribution is 2.31. The van der Waals surface area contributed by atoms with Crippen LogP contribution in [0.1, 0.15) is 34.6 Å². The maximum Gasteiger partial charge on any atom is 0.115 e. The number of benzene rings is 2.